The van der Waals surface area contributed by atoms with Gasteiger partial charge in [-0.1, -0.05) is 30.3 Å². The zero-order valence-electron chi connectivity index (χ0n) is 12.9. The van der Waals surface area contributed by atoms with Crippen molar-refractivity contribution in [2.24, 2.45) is 0 Å². The Labute approximate surface area is 147 Å². The number of benzene rings is 2. The molecule has 1 aliphatic heterocycles. The molecule has 2 aromatic carbocycles. The fraction of sp³-hybridized carbons (Fsp3) is 0. The highest BCUT2D eigenvalue weighted by Gasteiger charge is 2.23. The number of carbonyl (C=O) groups excluding carboxylic acids is 1. The van der Waals surface area contributed by atoms with Crippen molar-refractivity contribution >= 4 is 40.3 Å². The lowest BCUT2D eigenvalue weighted by Crippen LogP contribution is -2.03. The third kappa shape index (κ3) is 2.83. The highest BCUT2D eigenvalue weighted by atomic mass is 32.1. The molecular weight excluding hydrogens is 336 g/mol. The SMILES string of the molecule is O=C1Nc2ccccc2C1=Cc1ccc(-c2cccc([N+](=O)[O-])c2)s1. The molecule has 5 nitrogen and oxygen atoms in total. The molecule has 0 radical (unpaired) electrons. The largest absolute Gasteiger partial charge is 0.321 e. The Bertz CT molecular complexity index is 1040. The van der Waals surface area contributed by atoms with Crippen LogP contribution in [0.25, 0.3) is 22.1 Å². The van der Waals surface area contributed by atoms with Gasteiger partial charge >= 0.3 is 0 Å². The van der Waals surface area contributed by atoms with E-state index in [-0.39, 0.29) is 11.6 Å². The van der Waals surface area contributed by atoms with Gasteiger partial charge in [-0.3, -0.25) is 14.9 Å². The van der Waals surface area contributed by atoms with E-state index in [1.165, 1.54) is 17.4 Å². The first-order valence-electron chi connectivity index (χ1n) is 7.59. The molecule has 2 heterocycles. The molecule has 1 amide bonds. The first kappa shape index (κ1) is 15.3. The van der Waals surface area contributed by atoms with Crippen LogP contribution in [0.15, 0.2) is 60.7 Å². The summed E-state index contributed by atoms with van der Waals surface area (Å²) in [6.07, 6.45) is 1.85. The number of para-hydroxylation sites is 1. The van der Waals surface area contributed by atoms with Crippen LogP contribution in [0, 0.1) is 10.1 Å². The number of nitrogens with zero attached hydrogens (tertiary/aromatic N) is 1. The number of non-ortho nitro benzene ring substituents is 1. The summed E-state index contributed by atoms with van der Waals surface area (Å²) >= 11 is 1.49. The maximum atomic E-state index is 12.2. The molecule has 25 heavy (non-hydrogen) atoms. The molecule has 1 N–H and O–H groups in total. The van der Waals surface area contributed by atoms with Crippen LogP contribution >= 0.6 is 11.3 Å². The molecule has 0 saturated heterocycles. The van der Waals surface area contributed by atoms with Crippen LogP contribution in [0.2, 0.25) is 0 Å². The second kappa shape index (κ2) is 5.99. The fourth-order valence-electron chi connectivity index (χ4n) is 2.78. The van der Waals surface area contributed by atoms with Gasteiger partial charge in [-0.05, 0) is 29.8 Å². The first-order valence-corrected chi connectivity index (χ1v) is 8.40. The van der Waals surface area contributed by atoms with Crippen LogP contribution in [0.1, 0.15) is 10.4 Å². The molecule has 4 rings (SSSR count). The highest BCUT2D eigenvalue weighted by Crippen LogP contribution is 2.36. The monoisotopic (exact) mass is 348 g/mol. The standard InChI is InChI=1S/C19H12N2O3S/c22-19-16(15-6-1-2-7-17(15)20-19)11-14-8-9-18(25-14)12-4-3-5-13(10-12)21(23)24/h1-11H,(H,20,22). The summed E-state index contributed by atoms with van der Waals surface area (Å²) in [7, 11) is 0. The molecule has 0 saturated carbocycles. The summed E-state index contributed by atoms with van der Waals surface area (Å²) in [6, 6.07) is 17.9. The van der Waals surface area contributed by atoms with Gasteiger partial charge in [0.1, 0.15) is 0 Å². The fourth-order valence-corrected chi connectivity index (χ4v) is 3.73. The number of hydrogen-bond acceptors (Lipinski definition) is 4. The highest BCUT2D eigenvalue weighted by molar-refractivity contribution is 7.16. The summed E-state index contributed by atoms with van der Waals surface area (Å²) in [5.74, 6) is -0.119. The lowest BCUT2D eigenvalue weighted by molar-refractivity contribution is -0.384. The summed E-state index contributed by atoms with van der Waals surface area (Å²) < 4.78 is 0. The number of hydrogen-bond donors (Lipinski definition) is 1. The van der Waals surface area contributed by atoms with Gasteiger partial charge in [0.15, 0.2) is 0 Å². The van der Waals surface area contributed by atoms with E-state index >= 15 is 0 Å². The summed E-state index contributed by atoms with van der Waals surface area (Å²) in [5.41, 5.74) is 3.19. The maximum absolute atomic E-state index is 12.2. The van der Waals surface area contributed by atoms with Crippen LogP contribution in [0.4, 0.5) is 11.4 Å². The minimum absolute atomic E-state index is 0.0647. The van der Waals surface area contributed by atoms with E-state index in [4.69, 9.17) is 0 Å². The number of anilines is 1. The number of fused-ring (bicyclic) bond motifs is 1. The van der Waals surface area contributed by atoms with Gasteiger partial charge in [-0.15, -0.1) is 11.3 Å². The summed E-state index contributed by atoms with van der Waals surface area (Å²) in [4.78, 5) is 24.5. The van der Waals surface area contributed by atoms with Crippen LogP contribution in [-0.4, -0.2) is 10.8 Å². The van der Waals surface area contributed by atoms with Crippen LogP contribution in [0.3, 0.4) is 0 Å². The van der Waals surface area contributed by atoms with Crippen molar-refractivity contribution < 1.29 is 9.72 Å². The predicted octanol–water partition coefficient (Wildman–Crippen LogP) is 4.82. The maximum Gasteiger partial charge on any atom is 0.270 e. The smallest absolute Gasteiger partial charge is 0.270 e. The zero-order valence-corrected chi connectivity index (χ0v) is 13.7. The molecule has 0 bridgehead atoms. The second-order valence-corrected chi connectivity index (χ2v) is 6.68. The van der Waals surface area contributed by atoms with Gasteiger partial charge in [0.2, 0.25) is 0 Å². The van der Waals surface area contributed by atoms with Gasteiger partial charge < -0.3 is 5.32 Å². The van der Waals surface area contributed by atoms with Gasteiger partial charge in [0.05, 0.1) is 10.5 Å². The number of thiophene rings is 1. The molecule has 1 aliphatic rings. The average Bonchev–Trinajstić information content (AvgIpc) is 3.21. The van der Waals surface area contributed by atoms with Gasteiger partial charge in [0.25, 0.3) is 11.6 Å². The first-order chi connectivity index (χ1) is 12.1. The second-order valence-electron chi connectivity index (χ2n) is 5.57. The van der Waals surface area contributed by atoms with Gasteiger partial charge in [0, 0.05) is 33.1 Å². The number of nitrogens with one attached hydrogen (secondary N) is 1. The normalized spacial score (nSPS) is 14.4. The Morgan fingerprint density at radius 2 is 1.88 bits per heavy atom. The van der Waals surface area contributed by atoms with E-state index < -0.39 is 4.92 Å². The summed E-state index contributed by atoms with van der Waals surface area (Å²) in [5, 5.41) is 13.8. The van der Waals surface area contributed by atoms with E-state index in [1.54, 1.807) is 12.1 Å². The number of amides is 1. The van der Waals surface area contributed by atoms with Gasteiger partial charge in [-0.25, -0.2) is 0 Å². The van der Waals surface area contributed by atoms with Crippen molar-refractivity contribution in [3.8, 4) is 10.4 Å². The minimum atomic E-state index is -0.403. The molecule has 1 aromatic heterocycles. The topological polar surface area (TPSA) is 72.2 Å². The Balaban J connectivity index is 1.70. The molecule has 0 aliphatic carbocycles. The van der Waals surface area contributed by atoms with Crippen LogP contribution in [0.5, 0.6) is 0 Å². The Morgan fingerprint density at radius 3 is 2.72 bits per heavy atom. The lowest BCUT2D eigenvalue weighted by atomic mass is 10.1. The number of nitro groups is 1. The quantitative estimate of drug-likeness (QED) is 0.419. The van der Waals surface area contributed by atoms with Crippen molar-refractivity contribution in [2.75, 3.05) is 5.32 Å². The molecule has 122 valence electrons. The molecule has 0 atom stereocenters. The predicted molar refractivity (Wildman–Crippen MR) is 99.4 cm³/mol. The Kier molecular flexibility index (Phi) is 3.66. The van der Waals surface area contributed by atoms with Gasteiger partial charge in [-0.2, -0.15) is 0 Å². The third-order valence-corrected chi connectivity index (χ3v) is 5.05. The van der Waals surface area contributed by atoms with E-state index in [0.717, 1.165) is 26.6 Å². The number of nitro benzene ring substituents is 1. The Morgan fingerprint density at radius 1 is 1.04 bits per heavy atom. The molecule has 0 unspecified atom stereocenters. The molecule has 3 aromatic rings. The van der Waals surface area contributed by atoms with E-state index in [9.17, 15) is 14.9 Å². The molecule has 0 fully saturated rings. The number of carbonyl (C=O) groups is 1. The van der Waals surface area contributed by atoms with Crippen LogP contribution < -0.4 is 5.32 Å². The Hall–Kier alpha value is -3.25. The van der Waals surface area contributed by atoms with E-state index in [0.29, 0.717) is 5.57 Å². The summed E-state index contributed by atoms with van der Waals surface area (Å²) in [6.45, 7) is 0. The third-order valence-electron chi connectivity index (χ3n) is 3.96. The van der Waals surface area contributed by atoms with E-state index in [1.807, 2.05) is 48.5 Å². The van der Waals surface area contributed by atoms with Crippen molar-refractivity contribution in [2.45, 2.75) is 0 Å². The van der Waals surface area contributed by atoms with Crippen molar-refractivity contribution in [3.63, 3.8) is 0 Å². The van der Waals surface area contributed by atoms with E-state index in [2.05, 4.69) is 5.32 Å². The minimum Gasteiger partial charge on any atom is -0.321 e. The van der Waals surface area contributed by atoms with Crippen LogP contribution in [-0.2, 0) is 4.79 Å². The zero-order chi connectivity index (χ0) is 17.4. The van der Waals surface area contributed by atoms with Crippen molar-refractivity contribution in [1.29, 1.82) is 0 Å². The average molecular weight is 348 g/mol. The number of rotatable bonds is 3. The van der Waals surface area contributed by atoms with Crippen molar-refractivity contribution in [1.82, 2.24) is 0 Å². The molecular formula is C19H12N2O3S. The lowest BCUT2D eigenvalue weighted by Gasteiger charge is -1.97. The van der Waals surface area contributed by atoms with Crippen molar-refractivity contribution in [3.05, 3.63) is 81.2 Å². The molecule has 6 heteroatoms. The molecule has 0 spiro atoms.